The van der Waals surface area contributed by atoms with Crippen LogP contribution < -0.4 is 5.32 Å². The van der Waals surface area contributed by atoms with Crippen molar-refractivity contribution in [3.63, 3.8) is 0 Å². The van der Waals surface area contributed by atoms with Crippen LogP contribution in [0.25, 0.3) is 0 Å². The summed E-state index contributed by atoms with van der Waals surface area (Å²) in [5.74, 6) is -12.3. The molecule has 1 amide bonds. The number of alkyl halides is 3. The SMILES string of the molecule is O=C(Nc1c(F)c(F)c(C(F)(F)F)c(F)c1F)c1ccc(F)cc1. The van der Waals surface area contributed by atoms with Crippen molar-refractivity contribution in [2.75, 3.05) is 5.32 Å². The minimum atomic E-state index is -5.69. The molecule has 0 saturated carbocycles. The number of amides is 1. The third-order valence-electron chi connectivity index (χ3n) is 2.89. The molecule has 0 aliphatic rings. The Labute approximate surface area is 128 Å². The first kappa shape index (κ1) is 17.7. The Morgan fingerprint density at radius 2 is 1.25 bits per heavy atom. The Kier molecular flexibility index (Phi) is 4.50. The van der Waals surface area contributed by atoms with E-state index in [9.17, 15) is 39.9 Å². The Hall–Kier alpha value is -2.65. The van der Waals surface area contributed by atoms with Gasteiger partial charge < -0.3 is 5.32 Å². The van der Waals surface area contributed by atoms with Crippen LogP contribution in [0.2, 0.25) is 0 Å². The fourth-order valence-electron chi connectivity index (χ4n) is 1.78. The maximum absolute atomic E-state index is 13.6. The highest BCUT2D eigenvalue weighted by Crippen LogP contribution is 2.38. The second-order valence-electron chi connectivity index (χ2n) is 4.46. The van der Waals surface area contributed by atoms with Gasteiger partial charge in [0.2, 0.25) is 0 Å². The summed E-state index contributed by atoms with van der Waals surface area (Å²) in [5, 5.41) is 1.42. The van der Waals surface area contributed by atoms with Gasteiger partial charge in [-0.25, -0.2) is 22.0 Å². The number of rotatable bonds is 2. The molecule has 10 heteroatoms. The smallest absolute Gasteiger partial charge is 0.317 e. The molecule has 0 aromatic heterocycles. The third kappa shape index (κ3) is 3.17. The molecule has 1 N–H and O–H groups in total. The van der Waals surface area contributed by atoms with Crippen LogP contribution >= 0.6 is 0 Å². The van der Waals surface area contributed by atoms with E-state index in [1.165, 1.54) is 5.32 Å². The summed E-state index contributed by atoms with van der Waals surface area (Å²) in [7, 11) is 0. The maximum atomic E-state index is 13.6. The van der Waals surface area contributed by atoms with E-state index in [-0.39, 0.29) is 5.56 Å². The van der Waals surface area contributed by atoms with Crippen LogP contribution in [0.4, 0.5) is 40.8 Å². The largest absolute Gasteiger partial charge is 0.422 e. The molecule has 0 unspecified atom stereocenters. The van der Waals surface area contributed by atoms with E-state index in [4.69, 9.17) is 0 Å². The highest BCUT2D eigenvalue weighted by Gasteiger charge is 2.42. The zero-order valence-electron chi connectivity index (χ0n) is 11.2. The first-order chi connectivity index (χ1) is 11.0. The molecule has 0 aliphatic heterocycles. The second kappa shape index (κ2) is 6.10. The van der Waals surface area contributed by atoms with Gasteiger partial charge in [-0.3, -0.25) is 4.79 Å². The van der Waals surface area contributed by atoms with Crippen LogP contribution in [0.5, 0.6) is 0 Å². The minimum Gasteiger partial charge on any atom is -0.317 e. The Balaban J connectivity index is 2.49. The van der Waals surface area contributed by atoms with Crippen molar-refractivity contribution in [3.8, 4) is 0 Å². The van der Waals surface area contributed by atoms with Gasteiger partial charge in [0.25, 0.3) is 5.91 Å². The monoisotopic (exact) mass is 355 g/mol. The van der Waals surface area contributed by atoms with Crippen LogP contribution in [0.15, 0.2) is 24.3 Å². The molecule has 0 fully saturated rings. The normalized spacial score (nSPS) is 11.5. The molecule has 0 bridgehead atoms. The molecule has 128 valence electrons. The van der Waals surface area contributed by atoms with Gasteiger partial charge in [-0.2, -0.15) is 13.2 Å². The van der Waals surface area contributed by atoms with Crippen molar-refractivity contribution < 1.29 is 39.9 Å². The van der Waals surface area contributed by atoms with Crippen LogP contribution in [-0.2, 0) is 6.18 Å². The number of nitrogens with one attached hydrogen (secondary N) is 1. The Morgan fingerprint density at radius 1 is 0.792 bits per heavy atom. The molecular weight excluding hydrogens is 350 g/mol. The van der Waals surface area contributed by atoms with E-state index < -0.39 is 52.4 Å². The van der Waals surface area contributed by atoms with Crippen molar-refractivity contribution in [2.45, 2.75) is 6.18 Å². The molecule has 2 nitrogen and oxygen atoms in total. The zero-order chi connectivity index (χ0) is 18.2. The van der Waals surface area contributed by atoms with Crippen molar-refractivity contribution in [1.82, 2.24) is 0 Å². The van der Waals surface area contributed by atoms with E-state index >= 15 is 0 Å². The number of halogens is 8. The van der Waals surface area contributed by atoms with Crippen molar-refractivity contribution in [3.05, 3.63) is 64.5 Å². The molecule has 0 radical (unpaired) electrons. The molecule has 2 aromatic rings. The van der Waals surface area contributed by atoms with Gasteiger partial charge in [-0.1, -0.05) is 0 Å². The Morgan fingerprint density at radius 3 is 1.67 bits per heavy atom. The lowest BCUT2D eigenvalue weighted by Crippen LogP contribution is -2.20. The minimum absolute atomic E-state index is 0.351. The van der Waals surface area contributed by atoms with Gasteiger partial charge in [0, 0.05) is 5.56 Å². The van der Waals surface area contributed by atoms with E-state index in [0.29, 0.717) is 0 Å². The van der Waals surface area contributed by atoms with Crippen molar-refractivity contribution in [1.29, 1.82) is 0 Å². The highest BCUT2D eigenvalue weighted by molar-refractivity contribution is 6.04. The van der Waals surface area contributed by atoms with Gasteiger partial charge in [0.05, 0.1) is 0 Å². The van der Waals surface area contributed by atoms with Gasteiger partial charge in [-0.15, -0.1) is 0 Å². The highest BCUT2D eigenvalue weighted by atomic mass is 19.4. The first-order valence-electron chi connectivity index (χ1n) is 6.04. The average Bonchev–Trinajstić information content (AvgIpc) is 2.49. The molecule has 24 heavy (non-hydrogen) atoms. The number of hydrogen-bond acceptors (Lipinski definition) is 1. The molecule has 0 spiro atoms. The zero-order valence-corrected chi connectivity index (χ0v) is 11.2. The molecule has 0 aliphatic carbocycles. The van der Waals surface area contributed by atoms with E-state index in [0.717, 1.165) is 24.3 Å². The van der Waals surface area contributed by atoms with Gasteiger partial charge >= 0.3 is 6.18 Å². The molecule has 2 aromatic carbocycles. The molecule has 2 rings (SSSR count). The van der Waals surface area contributed by atoms with Crippen LogP contribution in [0.3, 0.4) is 0 Å². The molecule has 0 heterocycles. The van der Waals surface area contributed by atoms with Gasteiger partial charge in [0.15, 0.2) is 23.3 Å². The van der Waals surface area contributed by atoms with E-state index in [2.05, 4.69) is 0 Å². The fraction of sp³-hybridized carbons (Fsp3) is 0.0714. The summed E-state index contributed by atoms with van der Waals surface area (Å²) in [6, 6.07) is 3.40. The quantitative estimate of drug-likeness (QED) is 0.617. The summed E-state index contributed by atoms with van der Waals surface area (Å²) >= 11 is 0. The summed E-state index contributed by atoms with van der Waals surface area (Å²) < 4.78 is 104. The maximum Gasteiger partial charge on any atom is 0.422 e. The molecular formula is C14H5F8NO. The lowest BCUT2D eigenvalue weighted by Gasteiger charge is -2.14. The topological polar surface area (TPSA) is 29.1 Å². The second-order valence-corrected chi connectivity index (χ2v) is 4.46. The number of hydrogen-bond donors (Lipinski definition) is 1. The summed E-state index contributed by atoms with van der Waals surface area (Å²) in [6.07, 6.45) is -5.69. The fourth-order valence-corrected chi connectivity index (χ4v) is 1.78. The predicted molar refractivity (Wildman–Crippen MR) is 65.6 cm³/mol. The molecule has 0 atom stereocenters. The predicted octanol–water partition coefficient (Wildman–Crippen LogP) is 4.65. The standard InChI is InChI=1S/C14H5F8NO/c15-6-3-1-5(2-4-6)13(24)23-12-10(18)8(16)7(14(20,21)22)9(17)11(12)19/h1-4H,(H,23,24). The average molecular weight is 355 g/mol. The lowest BCUT2D eigenvalue weighted by molar-refractivity contribution is -0.143. The first-order valence-corrected chi connectivity index (χ1v) is 6.04. The van der Waals surface area contributed by atoms with Crippen LogP contribution in [0, 0.1) is 29.1 Å². The Bertz CT molecular complexity index is 769. The number of benzene rings is 2. The van der Waals surface area contributed by atoms with Gasteiger partial charge in [-0.05, 0) is 24.3 Å². The number of carbonyl (C=O) groups excluding carboxylic acids is 1. The summed E-state index contributed by atoms with van der Waals surface area (Å²) in [5.41, 5.74) is -4.83. The van der Waals surface area contributed by atoms with E-state index in [1.54, 1.807) is 0 Å². The van der Waals surface area contributed by atoms with Crippen LogP contribution in [-0.4, -0.2) is 5.91 Å². The molecule has 0 saturated heterocycles. The summed E-state index contributed by atoms with van der Waals surface area (Å²) in [4.78, 5) is 11.7. The summed E-state index contributed by atoms with van der Waals surface area (Å²) in [6.45, 7) is 0. The lowest BCUT2D eigenvalue weighted by atomic mass is 10.1. The van der Waals surface area contributed by atoms with Crippen molar-refractivity contribution in [2.24, 2.45) is 0 Å². The van der Waals surface area contributed by atoms with Gasteiger partial charge in [0.1, 0.15) is 17.1 Å². The van der Waals surface area contributed by atoms with Crippen LogP contribution in [0.1, 0.15) is 15.9 Å². The third-order valence-corrected chi connectivity index (χ3v) is 2.89. The number of carbonyl (C=O) groups is 1. The number of anilines is 1. The van der Waals surface area contributed by atoms with Crippen molar-refractivity contribution >= 4 is 11.6 Å². The van der Waals surface area contributed by atoms with E-state index in [1.807, 2.05) is 0 Å².